The zero-order valence-corrected chi connectivity index (χ0v) is 17.0. The largest absolute Gasteiger partial charge is 0.460 e. The Labute approximate surface area is 172 Å². The molecule has 0 aliphatic carbocycles. The molecule has 0 saturated heterocycles. The van der Waals surface area contributed by atoms with E-state index in [1.54, 1.807) is 31.2 Å². The summed E-state index contributed by atoms with van der Waals surface area (Å²) in [4.78, 5) is 24.0. The number of hydrogen-bond donors (Lipinski definition) is 2. The van der Waals surface area contributed by atoms with E-state index in [0.717, 1.165) is 11.8 Å². The summed E-state index contributed by atoms with van der Waals surface area (Å²) in [5, 5.41) is 13.7. The van der Waals surface area contributed by atoms with Crippen molar-refractivity contribution in [2.24, 2.45) is 5.73 Å². The summed E-state index contributed by atoms with van der Waals surface area (Å²) in [6.07, 6.45) is 0. The molecule has 148 valence electrons. The average molecular weight is 422 g/mol. The Hall–Kier alpha value is -2.47. The first-order valence-electron chi connectivity index (χ1n) is 8.34. The topological polar surface area (TPSA) is 114 Å². The van der Waals surface area contributed by atoms with Gasteiger partial charge in [0, 0.05) is 17.8 Å². The number of ether oxygens (including phenoxy) is 2. The van der Waals surface area contributed by atoms with Gasteiger partial charge in [-0.15, -0.1) is 0 Å². The van der Waals surface area contributed by atoms with E-state index in [4.69, 9.17) is 26.8 Å². The Balaban J connectivity index is 2.53. The van der Waals surface area contributed by atoms with Crippen molar-refractivity contribution in [3.63, 3.8) is 0 Å². The minimum Gasteiger partial charge on any atom is -0.460 e. The average Bonchev–Trinajstić information content (AvgIpc) is 2.66. The van der Waals surface area contributed by atoms with Gasteiger partial charge < -0.3 is 20.5 Å². The molecule has 9 heteroatoms. The number of benzene rings is 1. The van der Waals surface area contributed by atoms with E-state index in [0.29, 0.717) is 21.3 Å². The summed E-state index contributed by atoms with van der Waals surface area (Å²) in [5.74, 6) is -1.83. The number of carbonyl (C=O) groups excluding carboxylic acids is 2. The van der Waals surface area contributed by atoms with Gasteiger partial charge in [-0.25, -0.2) is 4.79 Å². The summed E-state index contributed by atoms with van der Waals surface area (Å²) >= 11 is 7.48. The highest BCUT2D eigenvalue weighted by Gasteiger charge is 2.36. The molecule has 2 rings (SSSR count). The quantitative estimate of drug-likeness (QED) is 0.489. The van der Waals surface area contributed by atoms with Crippen LogP contribution in [-0.2, 0) is 19.1 Å². The molecule has 0 fully saturated rings. The van der Waals surface area contributed by atoms with Gasteiger partial charge in [-0.05, 0) is 18.6 Å². The SMILES string of the molecule is COCCOC(=O)C1=C(C)NC(SCC(N)=O)=C(C#N)[C@H]1c1ccccc1Cl. The number of nitrogens with one attached hydrogen (secondary N) is 1. The van der Waals surface area contributed by atoms with Crippen LogP contribution in [0.4, 0.5) is 0 Å². The first kappa shape index (κ1) is 21.8. The zero-order chi connectivity index (χ0) is 20.7. The molecule has 0 radical (unpaired) electrons. The fourth-order valence-corrected chi connectivity index (χ4v) is 3.83. The number of hydrogen-bond acceptors (Lipinski definition) is 7. The number of nitriles is 1. The second-order valence-electron chi connectivity index (χ2n) is 5.86. The van der Waals surface area contributed by atoms with Crippen LogP contribution in [0.25, 0.3) is 0 Å². The monoisotopic (exact) mass is 421 g/mol. The molecule has 1 aliphatic rings. The number of rotatable bonds is 8. The van der Waals surface area contributed by atoms with E-state index in [2.05, 4.69) is 11.4 Å². The smallest absolute Gasteiger partial charge is 0.336 e. The maximum absolute atomic E-state index is 12.8. The minimum absolute atomic E-state index is 0.0103. The van der Waals surface area contributed by atoms with Crippen LogP contribution in [-0.4, -0.2) is 38.0 Å². The number of allylic oxidation sites excluding steroid dienone is 2. The van der Waals surface area contributed by atoms with E-state index in [1.807, 2.05) is 0 Å². The molecule has 1 aliphatic heterocycles. The van der Waals surface area contributed by atoms with Crippen LogP contribution in [0.1, 0.15) is 18.4 Å². The van der Waals surface area contributed by atoms with Crippen molar-refractivity contribution in [2.45, 2.75) is 12.8 Å². The number of thioether (sulfide) groups is 1. The third kappa shape index (κ3) is 5.07. The molecule has 0 saturated carbocycles. The number of nitrogens with zero attached hydrogens (tertiary/aromatic N) is 1. The van der Waals surface area contributed by atoms with Crippen molar-refractivity contribution < 1.29 is 19.1 Å². The molecule has 28 heavy (non-hydrogen) atoms. The maximum atomic E-state index is 12.8. The van der Waals surface area contributed by atoms with E-state index in [-0.39, 0.29) is 30.1 Å². The summed E-state index contributed by atoms with van der Waals surface area (Å²) in [5.41, 5.74) is 6.89. The highest BCUT2D eigenvalue weighted by atomic mass is 35.5. The Bertz CT molecular complexity index is 876. The molecule has 1 atom stereocenters. The number of carbonyl (C=O) groups is 2. The third-order valence-corrected chi connectivity index (χ3v) is 5.35. The lowest BCUT2D eigenvalue weighted by molar-refractivity contribution is -0.140. The summed E-state index contributed by atoms with van der Waals surface area (Å²) in [7, 11) is 1.51. The van der Waals surface area contributed by atoms with Gasteiger partial charge in [0.1, 0.15) is 6.61 Å². The van der Waals surface area contributed by atoms with E-state index >= 15 is 0 Å². The van der Waals surface area contributed by atoms with E-state index in [9.17, 15) is 14.9 Å². The standard InChI is InChI=1S/C19H20ClN3O4S/c1-11-16(19(25)27-8-7-26-2)17(12-5-3-4-6-14(12)20)13(9-21)18(23-11)28-10-15(22)24/h3-6,17,23H,7-8,10H2,1-2H3,(H2,22,24)/t17-/m1/s1. The van der Waals surface area contributed by atoms with Crippen LogP contribution in [0.2, 0.25) is 5.02 Å². The summed E-state index contributed by atoms with van der Waals surface area (Å²) in [6.45, 7) is 2.04. The van der Waals surface area contributed by atoms with Crippen LogP contribution in [0.15, 0.2) is 46.1 Å². The lowest BCUT2D eigenvalue weighted by Crippen LogP contribution is -2.30. The fraction of sp³-hybridized carbons (Fsp3) is 0.316. The highest BCUT2D eigenvalue weighted by molar-refractivity contribution is 8.03. The molecule has 1 amide bonds. The fourth-order valence-electron chi connectivity index (χ4n) is 2.76. The van der Waals surface area contributed by atoms with Crippen molar-refractivity contribution in [1.29, 1.82) is 5.26 Å². The Morgan fingerprint density at radius 2 is 2.07 bits per heavy atom. The van der Waals surface area contributed by atoms with Crippen molar-refractivity contribution >= 4 is 35.2 Å². The van der Waals surface area contributed by atoms with Crippen LogP contribution >= 0.6 is 23.4 Å². The normalized spacial score (nSPS) is 16.4. The third-order valence-electron chi connectivity index (χ3n) is 3.96. The molecule has 3 N–H and O–H groups in total. The number of halogens is 1. The zero-order valence-electron chi connectivity index (χ0n) is 15.5. The van der Waals surface area contributed by atoms with Gasteiger partial charge in [0.15, 0.2) is 0 Å². The van der Waals surface area contributed by atoms with Gasteiger partial charge in [-0.1, -0.05) is 41.6 Å². The molecular formula is C19H20ClN3O4S. The second-order valence-corrected chi connectivity index (χ2v) is 7.25. The van der Waals surface area contributed by atoms with Crippen LogP contribution < -0.4 is 11.1 Å². The highest BCUT2D eigenvalue weighted by Crippen LogP contribution is 2.43. The van der Waals surface area contributed by atoms with Crippen LogP contribution in [0.5, 0.6) is 0 Å². The number of esters is 1. The molecule has 7 nitrogen and oxygen atoms in total. The molecule has 1 heterocycles. The van der Waals surface area contributed by atoms with Gasteiger partial charge in [0.2, 0.25) is 5.91 Å². The van der Waals surface area contributed by atoms with Gasteiger partial charge in [-0.3, -0.25) is 4.79 Å². The Morgan fingerprint density at radius 3 is 2.68 bits per heavy atom. The number of nitrogens with two attached hydrogens (primary N) is 1. The molecule has 0 spiro atoms. The summed E-state index contributed by atoms with van der Waals surface area (Å²) < 4.78 is 10.2. The van der Waals surface area contributed by atoms with Crippen molar-refractivity contribution in [3.05, 3.63) is 56.7 Å². The van der Waals surface area contributed by atoms with Crippen molar-refractivity contribution in [3.8, 4) is 6.07 Å². The van der Waals surface area contributed by atoms with Crippen LogP contribution in [0.3, 0.4) is 0 Å². The molecule has 1 aromatic carbocycles. The Morgan fingerprint density at radius 1 is 1.36 bits per heavy atom. The van der Waals surface area contributed by atoms with Gasteiger partial charge in [0.05, 0.1) is 40.5 Å². The molecule has 1 aromatic rings. The van der Waals surface area contributed by atoms with Gasteiger partial charge in [-0.2, -0.15) is 5.26 Å². The minimum atomic E-state index is -0.731. The molecule has 0 aromatic heterocycles. The van der Waals surface area contributed by atoms with Crippen LogP contribution in [0, 0.1) is 11.3 Å². The first-order valence-corrected chi connectivity index (χ1v) is 9.70. The van der Waals surface area contributed by atoms with Crippen molar-refractivity contribution in [2.75, 3.05) is 26.1 Å². The number of amides is 1. The van der Waals surface area contributed by atoms with E-state index < -0.39 is 17.8 Å². The summed E-state index contributed by atoms with van der Waals surface area (Å²) in [6, 6.07) is 9.12. The predicted molar refractivity (Wildman–Crippen MR) is 107 cm³/mol. The number of primary amides is 1. The maximum Gasteiger partial charge on any atom is 0.336 e. The second kappa shape index (κ2) is 10.2. The Kier molecular flexibility index (Phi) is 7.93. The van der Waals surface area contributed by atoms with Gasteiger partial charge >= 0.3 is 5.97 Å². The van der Waals surface area contributed by atoms with E-state index in [1.165, 1.54) is 7.11 Å². The molecule has 0 bridgehead atoms. The lowest BCUT2D eigenvalue weighted by Gasteiger charge is -2.29. The predicted octanol–water partition coefficient (Wildman–Crippen LogP) is 2.44. The van der Waals surface area contributed by atoms with Gasteiger partial charge in [0.25, 0.3) is 0 Å². The van der Waals surface area contributed by atoms with Crippen molar-refractivity contribution in [1.82, 2.24) is 5.32 Å². The number of methoxy groups -OCH3 is 1. The molecular weight excluding hydrogens is 402 g/mol. The first-order chi connectivity index (χ1) is 13.4. The number of dihydropyridines is 1. The lowest BCUT2D eigenvalue weighted by atomic mass is 9.82. The molecule has 0 unspecified atom stereocenters.